The Labute approximate surface area is 180 Å². The van der Waals surface area contributed by atoms with Gasteiger partial charge in [0.25, 0.3) is 11.8 Å². The van der Waals surface area contributed by atoms with Crippen LogP contribution in [0.1, 0.15) is 56.9 Å². The van der Waals surface area contributed by atoms with Gasteiger partial charge in [0.15, 0.2) is 0 Å². The number of hydrogen-bond donors (Lipinski definition) is 1. The van der Waals surface area contributed by atoms with Crippen LogP contribution in [0, 0.1) is 19.8 Å². The molecule has 0 saturated heterocycles. The molecule has 2 amide bonds. The number of imide groups is 1. The molecule has 4 heteroatoms. The Morgan fingerprint density at radius 3 is 2.07 bits per heavy atom. The highest BCUT2D eigenvalue weighted by Gasteiger charge is 2.39. The summed E-state index contributed by atoms with van der Waals surface area (Å²) in [6.45, 7) is 15.0. The van der Waals surface area contributed by atoms with E-state index in [1.54, 1.807) is 0 Å². The third-order valence-electron chi connectivity index (χ3n) is 5.53. The van der Waals surface area contributed by atoms with Gasteiger partial charge in [-0.2, -0.15) is 0 Å². The maximum absolute atomic E-state index is 13.2. The minimum atomic E-state index is -0.262. The number of amides is 2. The molecule has 30 heavy (non-hydrogen) atoms. The Balaban J connectivity index is 2.04. The fourth-order valence-corrected chi connectivity index (χ4v) is 3.59. The van der Waals surface area contributed by atoms with E-state index >= 15 is 0 Å². The molecule has 1 aliphatic rings. The van der Waals surface area contributed by atoms with Crippen molar-refractivity contribution in [2.75, 3.05) is 11.9 Å². The largest absolute Gasteiger partial charge is 0.350 e. The fraction of sp³-hybridized carbons (Fsp3) is 0.385. The van der Waals surface area contributed by atoms with Crippen molar-refractivity contribution in [3.8, 4) is 0 Å². The summed E-state index contributed by atoms with van der Waals surface area (Å²) in [5, 5.41) is 3.25. The number of nitrogens with one attached hydrogen (secondary N) is 1. The topological polar surface area (TPSA) is 49.4 Å². The smallest absolute Gasteiger partial charge is 0.278 e. The van der Waals surface area contributed by atoms with Gasteiger partial charge < -0.3 is 5.32 Å². The highest BCUT2D eigenvalue weighted by atomic mass is 16.2. The number of nitrogens with zero attached hydrogens (tertiary/aromatic N) is 1. The minimum absolute atomic E-state index is 0.0512. The molecule has 0 saturated carbocycles. The Bertz CT molecular complexity index is 1010. The van der Waals surface area contributed by atoms with Gasteiger partial charge >= 0.3 is 0 Å². The van der Waals surface area contributed by atoms with Crippen molar-refractivity contribution in [1.82, 2.24) is 4.90 Å². The van der Waals surface area contributed by atoms with Gasteiger partial charge in [-0.3, -0.25) is 14.5 Å². The van der Waals surface area contributed by atoms with Crippen LogP contribution in [0.4, 0.5) is 5.69 Å². The van der Waals surface area contributed by atoms with Gasteiger partial charge in [0, 0.05) is 12.2 Å². The fourth-order valence-electron chi connectivity index (χ4n) is 3.59. The number of aryl methyl sites for hydroxylation is 2. The van der Waals surface area contributed by atoms with Crippen molar-refractivity contribution in [1.29, 1.82) is 0 Å². The molecule has 0 spiro atoms. The molecule has 2 aromatic rings. The Kier molecular flexibility index (Phi) is 5.89. The van der Waals surface area contributed by atoms with Gasteiger partial charge in [-0.15, -0.1) is 0 Å². The number of hydrogen-bond acceptors (Lipinski definition) is 3. The van der Waals surface area contributed by atoms with Crippen molar-refractivity contribution in [2.24, 2.45) is 5.92 Å². The van der Waals surface area contributed by atoms with Crippen LogP contribution in [0.15, 0.2) is 48.2 Å². The average molecular weight is 405 g/mol. The lowest BCUT2D eigenvalue weighted by Crippen LogP contribution is -2.35. The zero-order chi connectivity index (χ0) is 22.2. The normalized spacial score (nSPS) is 14.9. The summed E-state index contributed by atoms with van der Waals surface area (Å²) in [4.78, 5) is 27.8. The van der Waals surface area contributed by atoms with Crippen LogP contribution in [-0.4, -0.2) is 23.3 Å². The number of rotatable bonds is 5. The third kappa shape index (κ3) is 4.33. The van der Waals surface area contributed by atoms with Crippen molar-refractivity contribution in [3.05, 3.63) is 70.4 Å². The lowest BCUT2D eigenvalue weighted by atomic mass is 9.87. The van der Waals surface area contributed by atoms with Gasteiger partial charge in [0.2, 0.25) is 0 Å². The van der Waals surface area contributed by atoms with Crippen LogP contribution < -0.4 is 5.32 Å². The molecule has 158 valence electrons. The average Bonchev–Trinajstić information content (AvgIpc) is 2.88. The quantitative estimate of drug-likeness (QED) is 0.674. The van der Waals surface area contributed by atoms with Gasteiger partial charge in [0.1, 0.15) is 5.70 Å². The molecule has 0 radical (unpaired) electrons. The van der Waals surface area contributed by atoms with Gasteiger partial charge in [-0.25, -0.2) is 0 Å². The first-order chi connectivity index (χ1) is 14.0. The summed E-state index contributed by atoms with van der Waals surface area (Å²) in [5.74, 6) is -0.295. The molecular formula is C26H32N2O2. The van der Waals surface area contributed by atoms with E-state index in [0.717, 1.165) is 22.4 Å². The maximum Gasteiger partial charge on any atom is 0.278 e. The van der Waals surface area contributed by atoms with Gasteiger partial charge in [-0.05, 0) is 59.6 Å². The number of carbonyl (C=O) groups is 2. The first-order valence-corrected chi connectivity index (χ1v) is 10.5. The predicted molar refractivity (Wildman–Crippen MR) is 123 cm³/mol. The van der Waals surface area contributed by atoms with Crippen LogP contribution in [0.5, 0.6) is 0 Å². The molecule has 1 aliphatic heterocycles. The van der Waals surface area contributed by atoms with Crippen LogP contribution >= 0.6 is 0 Å². The Morgan fingerprint density at radius 1 is 0.900 bits per heavy atom. The minimum Gasteiger partial charge on any atom is -0.350 e. The zero-order valence-corrected chi connectivity index (χ0v) is 19.1. The second-order valence-corrected chi connectivity index (χ2v) is 9.62. The summed E-state index contributed by atoms with van der Waals surface area (Å²) < 4.78 is 0. The molecule has 3 rings (SSSR count). The monoisotopic (exact) mass is 404 g/mol. The highest BCUT2D eigenvalue weighted by Crippen LogP contribution is 2.32. The molecule has 4 nitrogen and oxygen atoms in total. The Hall–Kier alpha value is -2.88. The van der Waals surface area contributed by atoms with E-state index in [4.69, 9.17) is 0 Å². The van der Waals surface area contributed by atoms with Crippen molar-refractivity contribution in [3.63, 3.8) is 0 Å². The molecule has 1 heterocycles. The van der Waals surface area contributed by atoms with E-state index in [2.05, 4.69) is 38.2 Å². The summed E-state index contributed by atoms with van der Waals surface area (Å²) in [6, 6.07) is 14.0. The lowest BCUT2D eigenvalue weighted by Gasteiger charge is -2.19. The molecule has 0 fully saturated rings. The molecular weight excluding hydrogens is 372 g/mol. The molecule has 0 atom stereocenters. The van der Waals surface area contributed by atoms with E-state index < -0.39 is 0 Å². The van der Waals surface area contributed by atoms with Crippen molar-refractivity contribution >= 4 is 23.1 Å². The first-order valence-electron chi connectivity index (χ1n) is 10.5. The lowest BCUT2D eigenvalue weighted by molar-refractivity contribution is -0.137. The van der Waals surface area contributed by atoms with Crippen LogP contribution in [0.3, 0.4) is 0 Å². The standard InChI is InChI=1S/C26H32N2O2/c1-16(2)15-28-24(29)22(19-9-8-17(3)18(4)14-19)23(25(28)30)27-21-12-10-20(11-13-21)26(5,6)7/h8-14,16,27H,15H2,1-7H3. The van der Waals surface area contributed by atoms with Crippen LogP contribution in [0.2, 0.25) is 0 Å². The van der Waals surface area contributed by atoms with E-state index in [-0.39, 0.29) is 23.1 Å². The maximum atomic E-state index is 13.2. The second kappa shape index (κ2) is 8.10. The Morgan fingerprint density at radius 2 is 1.53 bits per heavy atom. The van der Waals surface area contributed by atoms with E-state index in [0.29, 0.717) is 17.8 Å². The summed E-state index contributed by atoms with van der Waals surface area (Å²) in [5.41, 5.74) is 5.89. The predicted octanol–water partition coefficient (Wildman–Crippen LogP) is 5.45. The number of benzene rings is 2. The van der Waals surface area contributed by atoms with Crippen molar-refractivity contribution < 1.29 is 9.59 Å². The van der Waals surface area contributed by atoms with E-state index in [1.807, 2.05) is 58.0 Å². The van der Waals surface area contributed by atoms with E-state index in [1.165, 1.54) is 10.5 Å². The van der Waals surface area contributed by atoms with Gasteiger partial charge in [0.05, 0.1) is 5.57 Å². The molecule has 0 aromatic heterocycles. The third-order valence-corrected chi connectivity index (χ3v) is 5.53. The molecule has 0 aliphatic carbocycles. The van der Waals surface area contributed by atoms with Crippen LogP contribution in [-0.2, 0) is 15.0 Å². The summed E-state index contributed by atoms with van der Waals surface area (Å²) >= 11 is 0. The summed E-state index contributed by atoms with van der Waals surface area (Å²) in [7, 11) is 0. The second-order valence-electron chi connectivity index (χ2n) is 9.62. The van der Waals surface area contributed by atoms with E-state index in [9.17, 15) is 9.59 Å². The molecule has 0 unspecified atom stereocenters. The van der Waals surface area contributed by atoms with Gasteiger partial charge in [-0.1, -0.05) is 65.0 Å². The van der Waals surface area contributed by atoms with Crippen LogP contribution in [0.25, 0.3) is 5.57 Å². The number of anilines is 1. The summed E-state index contributed by atoms with van der Waals surface area (Å²) in [6.07, 6.45) is 0. The zero-order valence-electron chi connectivity index (χ0n) is 19.1. The first kappa shape index (κ1) is 21.8. The molecule has 1 N–H and O–H groups in total. The number of carbonyl (C=O) groups excluding carboxylic acids is 2. The molecule has 2 aromatic carbocycles. The van der Waals surface area contributed by atoms with Crippen molar-refractivity contribution in [2.45, 2.75) is 53.9 Å². The highest BCUT2D eigenvalue weighted by molar-refractivity contribution is 6.36. The molecule has 0 bridgehead atoms. The SMILES string of the molecule is Cc1ccc(C2=C(Nc3ccc(C(C)(C)C)cc3)C(=O)N(CC(C)C)C2=O)cc1C.